The standard InChI is InChI=1S/C25H30N2O4/c1-17(28)19-4-3-5-22(12-19)31-16-20(29)15-27-10-8-18(9-11-27)24-14-26-25-7-6-21(30-2)13-23(24)25/h3-7,12-14,18,20,26,29H,8-11,15-16H2,1-2H3. The number of nitrogens with zero attached hydrogens (tertiary/aromatic N) is 1. The molecule has 1 aliphatic rings. The smallest absolute Gasteiger partial charge is 0.159 e. The summed E-state index contributed by atoms with van der Waals surface area (Å²) in [7, 11) is 1.70. The van der Waals surface area contributed by atoms with E-state index in [1.807, 2.05) is 6.07 Å². The first-order valence-corrected chi connectivity index (χ1v) is 10.8. The molecule has 2 N–H and O–H groups in total. The van der Waals surface area contributed by atoms with Gasteiger partial charge in [-0.2, -0.15) is 0 Å². The number of aliphatic hydroxyl groups is 1. The van der Waals surface area contributed by atoms with Crippen LogP contribution in [0.25, 0.3) is 10.9 Å². The van der Waals surface area contributed by atoms with Crippen LogP contribution in [0.4, 0.5) is 0 Å². The Morgan fingerprint density at radius 1 is 1.19 bits per heavy atom. The summed E-state index contributed by atoms with van der Waals surface area (Å²) < 4.78 is 11.1. The predicted octanol–water partition coefficient (Wildman–Crippen LogP) is 4.00. The lowest BCUT2D eigenvalue weighted by atomic mass is 9.89. The highest BCUT2D eigenvalue weighted by Gasteiger charge is 2.24. The van der Waals surface area contributed by atoms with Gasteiger partial charge in [-0.25, -0.2) is 0 Å². The van der Waals surface area contributed by atoms with Crippen LogP contribution < -0.4 is 9.47 Å². The molecule has 164 valence electrons. The molecule has 0 spiro atoms. The van der Waals surface area contributed by atoms with E-state index >= 15 is 0 Å². The van der Waals surface area contributed by atoms with Gasteiger partial charge in [-0.1, -0.05) is 12.1 Å². The number of H-pyrrole nitrogens is 1. The SMILES string of the molecule is COc1ccc2[nH]cc(C3CCN(CC(O)COc4cccc(C(C)=O)c4)CC3)c2c1. The Morgan fingerprint density at radius 3 is 2.74 bits per heavy atom. The lowest BCUT2D eigenvalue weighted by Crippen LogP contribution is -2.40. The van der Waals surface area contributed by atoms with Crippen molar-refractivity contribution < 1.29 is 19.4 Å². The van der Waals surface area contributed by atoms with Crippen LogP contribution >= 0.6 is 0 Å². The Kier molecular flexibility index (Phi) is 6.59. The second-order valence-corrected chi connectivity index (χ2v) is 8.28. The summed E-state index contributed by atoms with van der Waals surface area (Å²) in [4.78, 5) is 17.2. The number of hydrogen-bond donors (Lipinski definition) is 2. The number of carbonyl (C=O) groups excluding carboxylic acids is 1. The normalized spacial score (nSPS) is 16.4. The van der Waals surface area contributed by atoms with Gasteiger partial charge in [0.1, 0.15) is 24.2 Å². The van der Waals surface area contributed by atoms with E-state index in [0.717, 1.165) is 37.2 Å². The van der Waals surface area contributed by atoms with Crippen LogP contribution in [-0.4, -0.2) is 60.2 Å². The van der Waals surface area contributed by atoms with E-state index in [9.17, 15) is 9.90 Å². The molecule has 0 saturated carbocycles. The Balaban J connectivity index is 1.28. The predicted molar refractivity (Wildman–Crippen MR) is 121 cm³/mol. The summed E-state index contributed by atoms with van der Waals surface area (Å²) in [5.41, 5.74) is 3.10. The molecule has 0 bridgehead atoms. The van der Waals surface area contributed by atoms with E-state index < -0.39 is 6.10 Å². The number of carbonyl (C=O) groups is 1. The lowest BCUT2D eigenvalue weighted by molar-refractivity contribution is 0.0594. The van der Waals surface area contributed by atoms with Gasteiger partial charge in [-0.3, -0.25) is 4.79 Å². The molecule has 1 saturated heterocycles. The van der Waals surface area contributed by atoms with Gasteiger partial charge < -0.3 is 24.5 Å². The van der Waals surface area contributed by atoms with E-state index in [2.05, 4.69) is 28.2 Å². The molecular formula is C25H30N2O4. The fourth-order valence-electron chi connectivity index (χ4n) is 4.36. The molecule has 0 amide bonds. The average Bonchev–Trinajstić information content (AvgIpc) is 3.21. The number of piperidine rings is 1. The summed E-state index contributed by atoms with van der Waals surface area (Å²) in [6.45, 7) is 4.21. The number of ketones is 1. The van der Waals surface area contributed by atoms with Gasteiger partial charge in [0.15, 0.2) is 5.78 Å². The fraction of sp³-hybridized carbons (Fsp3) is 0.400. The minimum Gasteiger partial charge on any atom is -0.497 e. The van der Waals surface area contributed by atoms with Crippen LogP contribution in [-0.2, 0) is 0 Å². The monoisotopic (exact) mass is 422 g/mol. The van der Waals surface area contributed by atoms with Gasteiger partial charge in [0.2, 0.25) is 0 Å². The van der Waals surface area contributed by atoms with E-state index in [-0.39, 0.29) is 12.4 Å². The van der Waals surface area contributed by atoms with E-state index in [1.54, 1.807) is 31.4 Å². The minimum absolute atomic E-state index is 0.00233. The molecule has 0 radical (unpaired) electrons. The summed E-state index contributed by atoms with van der Waals surface area (Å²) in [5.74, 6) is 1.99. The number of β-amino-alcohol motifs (C(OH)–C–C–N with tert-alkyl or cyclic N) is 1. The molecule has 1 atom stereocenters. The molecule has 1 aromatic heterocycles. The third-order valence-corrected chi connectivity index (χ3v) is 6.10. The van der Waals surface area contributed by atoms with Crippen molar-refractivity contribution in [3.05, 3.63) is 59.8 Å². The van der Waals surface area contributed by atoms with E-state index in [0.29, 0.717) is 23.8 Å². The average molecular weight is 423 g/mol. The number of ether oxygens (including phenoxy) is 2. The number of Topliss-reactive ketones (excluding diaryl/α,β-unsaturated/α-hetero) is 1. The quantitative estimate of drug-likeness (QED) is 0.537. The molecule has 6 nitrogen and oxygen atoms in total. The second kappa shape index (κ2) is 9.54. The van der Waals surface area contributed by atoms with Gasteiger partial charge in [0.05, 0.1) is 7.11 Å². The number of methoxy groups -OCH3 is 1. The van der Waals surface area contributed by atoms with Crippen molar-refractivity contribution in [1.82, 2.24) is 9.88 Å². The number of fused-ring (bicyclic) bond motifs is 1. The number of nitrogens with one attached hydrogen (secondary N) is 1. The number of likely N-dealkylation sites (tertiary alicyclic amines) is 1. The molecule has 1 unspecified atom stereocenters. The van der Waals surface area contributed by atoms with Crippen LogP contribution in [0.15, 0.2) is 48.7 Å². The van der Waals surface area contributed by atoms with Gasteiger partial charge in [-0.15, -0.1) is 0 Å². The largest absolute Gasteiger partial charge is 0.497 e. The maximum absolute atomic E-state index is 11.5. The molecule has 3 aromatic rings. The zero-order valence-electron chi connectivity index (χ0n) is 18.1. The zero-order valence-corrected chi connectivity index (χ0v) is 18.1. The molecule has 1 fully saturated rings. The molecule has 6 heteroatoms. The first-order valence-electron chi connectivity index (χ1n) is 10.8. The van der Waals surface area contributed by atoms with E-state index in [4.69, 9.17) is 9.47 Å². The van der Waals surface area contributed by atoms with E-state index in [1.165, 1.54) is 17.9 Å². The van der Waals surface area contributed by atoms with Gasteiger partial charge in [0.25, 0.3) is 0 Å². The van der Waals surface area contributed by atoms with Crippen LogP contribution in [0.1, 0.15) is 41.6 Å². The number of aromatic amines is 1. The highest BCUT2D eigenvalue weighted by atomic mass is 16.5. The fourth-order valence-corrected chi connectivity index (χ4v) is 4.36. The van der Waals surface area contributed by atoms with Crippen molar-refractivity contribution in [1.29, 1.82) is 0 Å². The Bertz CT molecular complexity index is 1040. The number of hydrogen-bond acceptors (Lipinski definition) is 5. The van der Waals surface area contributed by atoms with Crippen molar-refractivity contribution >= 4 is 16.7 Å². The Hall–Kier alpha value is -2.83. The summed E-state index contributed by atoms with van der Waals surface area (Å²) in [6, 6.07) is 13.2. The molecule has 2 heterocycles. The van der Waals surface area contributed by atoms with Gasteiger partial charge in [0, 0.05) is 29.2 Å². The lowest BCUT2D eigenvalue weighted by Gasteiger charge is -2.33. The highest BCUT2D eigenvalue weighted by Crippen LogP contribution is 2.34. The molecule has 0 aliphatic carbocycles. The Morgan fingerprint density at radius 2 is 2.00 bits per heavy atom. The zero-order chi connectivity index (χ0) is 21.8. The molecule has 1 aliphatic heterocycles. The number of benzene rings is 2. The van der Waals surface area contributed by atoms with Crippen LogP contribution in [0.2, 0.25) is 0 Å². The van der Waals surface area contributed by atoms with Crippen molar-refractivity contribution in [2.24, 2.45) is 0 Å². The molecular weight excluding hydrogens is 392 g/mol. The number of aromatic nitrogens is 1. The van der Waals surface area contributed by atoms with Crippen LogP contribution in [0.3, 0.4) is 0 Å². The third-order valence-electron chi connectivity index (χ3n) is 6.10. The maximum atomic E-state index is 11.5. The number of rotatable bonds is 8. The topological polar surface area (TPSA) is 74.8 Å². The molecule has 4 rings (SSSR count). The first-order chi connectivity index (χ1) is 15.0. The Labute approximate surface area is 182 Å². The van der Waals surface area contributed by atoms with Crippen LogP contribution in [0.5, 0.6) is 11.5 Å². The summed E-state index contributed by atoms with van der Waals surface area (Å²) >= 11 is 0. The van der Waals surface area contributed by atoms with Crippen molar-refractivity contribution in [2.45, 2.75) is 31.8 Å². The highest BCUT2D eigenvalue weighted by molar-refractivity contribution is 5.94. The van der Waals surface area contributed by atoms with Gasteiger partial charge in [-0.05, 0) is 74.7 Å². The number of aliphatic hydroxyl groups excluding tert-OH is 1. The summed E-state index contributed by atoms with van der Waals surface area (Å²) in [6.07, 6.45) is 3.66. The first kappa shape index (κ1) is 21.4. The molecule has 2 aromatic carbocycles. The van der Waals surface area contributed by atoms with Gasteiger partial charge >= 0.3 is 0 Å². The van der Waals surface area contributed by atoms with Crippen LogP contribution in [0, 0.1) is 0 Å². The van der Waals surface area contributed by atoms with Crippen molar-refractivity contribution in [3.63, 3.8) is 0 Å². The van der Waals surface area contributed by atoms with Crippen molar-refractivity contribution in [3.8, 4) is 11.5 Å². The minimum atomic E-state index is -0.574. The van der Waals surface area contributed by atoms with Crippen molar-refractivity contribution in [2.75, 3.05) is 33.4 Å². The molecule has 31 heavy (non-hydrogen) atoms. The summed E-state index contributed by atoms with van der Waals surface area (Å²) in [5, 5.41) is 11.7. The maximum Gasteiger partial charge on any atom is 0.159 e. The third kappa shape index (κ3) is 5.09. The second-order valence-electron chi connectivity index (χ2n) is 8.28.